The van der Waals surface area contributed by atoms with Gasteiger partial charge in [0.05, 0.1) is 31.5 Å². The van der Waals surface area contributed by atoms with Gasteiger partial charge in [0.1, 0.15) is 11.9 Å². The van der Waals surface area contributed by atoms with Crippen molar-refractivity contribution in [2.45, 2.75) is 13.0 Å². The van der Waals surface area contributed by atoms with Crippen molar-refractivity contribution in [1.82, 2.24) is 9.88 Å². The molecule has 1 atom stereocenters. The smallest absolute Gasteiger partial charge is 0.257 e. The lowest BCUT2D eigenvalue weighted by atomic mass is 10.1. The third kappa shape index (κ3) is 3.80. The number of carbonyl (C=O) groups is 1. The van der Waals surface area contributed by atoms with Gasteiger partial charge in [-0.15, -0.1) is 0 Å². The SMILES string of the molecule is COc1ccccc1C(=O)N1CCOC(c2cc(N(C)C)cc(C)n2)C1. The fourth-order valence-electron chi connectivity index (χ4n) is 3.10. The second-order valence-electron chi connectivity index (χ2n) is 6.60. The number of carbonyl (C=O) groups excluding carboxylic acids is 1. The molecule has 0 bridgehead atoms. The van der Waals surface area contributed by atoms with Gasteiger partial charge in [0.15, 0.2) is 0 Å². The van der Waals surface area contributed by atoms with Crippen molar-refractivity contribution < 1.29 is 14.3 Å². The van der Waals surface area contributed by atoms with Crippen molar-refractivity contribution in [3.05, 3.63) is 53.3 Å². The number of pyridine rings is 1. The molecule has 1 fully saturated rings. The Labute approximate surface area is 154 Å². The summed E-state index contributed by atoms with van der Waals surface area (Å²) in [6.45, 7) is 3.48. The summed E-state index contributed by atoms with van der Waals surface area (Å²) in [5.41, 5.74) is 3.43. The fourth-order valence-corrected chi connectivity index (χ4v) is 3.10. The van der Waals surface area contributed by atoms with Crippen molar-refractivity contribution in [2.24, 2.45) is 0 Å². The number of amides is 1. The van der Waals surface area contributed by atoms with Crippen LogP contribution in [-0.2, 0) is 4.74 Å². The van der Waals surface area contributed by atoms with Crippen LogP contribution < -0.4 is 9.64 Å². The molecule has 6 nitrogen and oxygen atoms in total. The molecule has 0 radical (unpaired) electrons. The van der Waals surface area contributed by atoms with Crippen LogP contribution in [0.15, 0.2) is 36.4 Å². The van der Waals surface area contributed by atoms with Crippen LogP contribution in [0.2, 0.25) is 0 Å². The first-order valence-corrected chi connectivity index (χ1v) is 8.69. The van der Waals surface area contributed by atoms with Gasteiger partial charge in [0, 0.05) is 32.0 Å². The maximum atomic E-state index is 13.0. The highest BCUT2D eigenvalue weighted by Crippen LogP contribution is 2.27. The number of hydrogen-bond donors (Lipinski definition) is 0. The summed E-state index contributed by atoms with van der Waals surface area (Å²) in [5.74, 6) is 0.542. The lowest BCUT2D eigenvalue weighted by Crippen LogP contribution is -2.42. The van der Waals surface area contributed by atoms with Gasteiger partial charge in [-0.2, -0.15) is 0 Å². The predicted octanol–water partition coefficient (Wildman–Crippen LogP) is 2.68. The standard InChI is InChI=1S/C20H25N3O3/c1-14-11-15(22(2)3)12-17(21-14)19-13-23(9-10-26-19)20(24)16-7-5-6-8-18(16)25-4/h5-8,11-12,19H,9-10,13H2,1-4H3. The monoisotopic (exact) mass is 355 g/mol. The van der Waals surface area contributed by atoms with Gasteiger partial charge >= 0.3 is 0 Å². The van der Waals surface area contributed by atoms with Crippen LogP contribution in [-0.4, -0.2) is 56.7 Å². The van der Waals surface area contributed by atoms with Crippen molar-refractivity contribution in [1.29, 1.82) is 0 Å². The van der Waals surface area contributed by atoms with Gasteiger partial charge in [-0.1, -0.05) is 12.1 Å². The molecule has 1 aromatic heterocycles. The topological polar surface area (TPSA) is 54.9 Å². The molecule has 1 aliphatic rings. The molecule has 0 N–H and O–H groups in total. The average Bonchev–Trinajstić information content (AvgIpc) is 2.67. The molecule has 26 heavy (non-hydrogen) atoms. The molecule has 2 heterocycles. The number of methoxy groups -OCH3 is 1. The maximum Gasteiger partial charge on any atom is 0.257 e. The van der Waals surface area contributed by atoms with E-state index < -0.39 is 0 Å². The number of aromatic nitrogens is 1. The molecule has 6 heteroatoms. The zero-order valence-electron chi connectivity index (χ0n) is 15.7. The van der Waals surface area contributed by atoms with Crippen molar-refractivity contribution in [3.63, 3.8) is 0 Å². The Morgan fingerprint density at radius 2 is 2.08 bits per heavy atom. The number of hydrogen-bond acceptors (Lipinski definition) is 5. The molecule has 1 saturated heterocycles. The first kappa shape index (κ1) is 18.2. The summed E-state index contributed by atoms with van der Waals surface area (Å²) in [4.78, 5) is 21.4. The number of rotatable bonds is 4. The van der Waals surface area contributed by atoms with Crippen molar-refractivity contribution in [3.8, 4) is 5.75 Å². The molecule has 138 valence electrons. The van der Waals surface area contributed by atoms with E-state index in [1.54, 1.807) is 19.2 Å². The Bertz CT molecular complexity index is 792. The number of morpholine rings is 1. The average molecular weight is 355 g/mol. The van der Waals surface area contributed by atoms with Gasteiger partial charge in [0.25, 0.3) is 5.91 Å². The van der Waals surface area contributed by atoms with Crippen LogP contribution in [0.3, 0.4) is 0 Å². The predicted molar refractivity (Wildman–Crippen MR) is 101 cm³/mol. The van der Waals surface area contributed by atoms with E-state index in [1.165, 1.54) is 0 Å². The first-order chi connectivity index (χ1) is 12.5. The van der Waals surface area contributed by atoms with Crippen molar-refractivity contribution >= 4 is 11.6 Å². The third-order valence-corrected chi connectivity index (χ3v) is 4.50. The summed E-state index contributed by atoms with van der Waals surface area (Å²) in [7, 11) is 5.57. The molecule has 0 saturated carbocycles. The second kappa shape index (κ2) is 7.74. The fraction of sp³-hybridized carbons (Fsp3) is 0.400. The Kier molecular flexibility index (Phi) is 5.42. The van der Waals surface area contributed by atoms with Crippen LogP contribution in [0, 0.1) is 6.92 Å². The molecule has 0 spiro atoms. The minimum absolute atomic E-state index is 0.0452. The summed E-state index contributed by atoms with van der Waals surface area (Å²) in [6.07, 6.45) is -0.235. The minimum Gasteiger partial charge on any atom is -0.496 e. The third-order valence-electron chi connectivity index (χ3n) is 4.50. The largest absolute Gasteiger partial charge is 0.496 e. The summed E-state index contributed by atoms with van der Waals surface area (Å²) < 4.78 is 11.3. The van der Waals surface area contributed by atoms with Gasteiger partial charge in [-0.3, -0.25) is 9.78 Å². The molecule has 1 aromatic carbocycles. The highest BCUT2D eigenvalue weighted by Gasteiger charge is 2.28. The van der Waals surface area contributed by atoms with E-state index in [1.807, 2.05) is 55.1 Å². The highest BCUT2D eigenvalue weighted by molar-refractivity contribution is 5.97. The summed E-state index contributed by atoms with van der Waals surface area (Å²) in [5, 5.41) is 0. The number of benzene rings is 1. The van der Waals surface area contributed by atoms with Crippen LogP contribution in [0.1, 0.15) is 27.8 Å². The molecule has 1 amide bonds. The molecule has 3 rings (SSSR count). The Balaban J connectivity index is 1.82. The summed E-state index contributed by atoms with van der Waals surface area (Å²) in [6, 6.07) is 11.4. The zero-order chi connectivity index (χ0) is 18.7. The molecular weight excluding hydrogens is 330 g/mol. The number of nitrogens with zero attached hydrogens (tertiary/aromatic N) is 3. The normalized spacial score (nSPS) is 17.1. The van der Waals surface area contributed by atoms with Crippen molar-refractivity contribution in [2.75, 3.05) is 45.8 Å². The zero-order valence-corrected chi connectivity index (χ0v) is 15.7. The van der Waals surface area contributed by atoms with Crippen LogP contribution in [0.5, 0.6) is 5.75 Å². The van der Waals surface area contributed by atoms with E-state index in [2.05, 4.69) is 4.98 Å². The van der Waals surface area contributed by atoms with E-state index in [0.29, 0.717) is 31.0 Å². The lowest BCUT2D eigenvalue weighted by molar-refractivity contribution is -0.0248. The molecule has 1 aliphatic heterocycles. The molecular formula is C20H25N3O3. The van der Waals surface area contributed by atoms with E-state index in [0.717, 1.165) is 17.1 Å². The van der Waals surface area contributed by atoms with Gasteiger partial charge in [0.2, 0.25) is 0 Å². The number of aryl methyl sites for hydroxylation is 1. The van der Waals surface area contributed by atoms with Crippen LogP contribution >= 0.6 is 0 Å². The van der Waals surface area contributed by atoms with Gasteiger partial charge < -0.3 is 19.3 Å². The van der Waals surface area contributed by atoms with E-state index >= 15 is 0 Å². The van der Waals surface area contributed by atoms with Crippen LogP contribution in [0.4, 0.5) is 5.69 Å². The quantitative estimate of drug-likeness (QED) is 0.844. The van der Waals surface area contributed by atoms with Gasteiger partial charge in [-0.25, -0.2) is 0 Å². The molecule has 2 aromatic rings. The van der Waals surface area contributed by atoms with Crippen LogP contribution in [0.25, 0.3) is 0 Å². The van der Waals surface area contributed by atoms with E-state index in [-0.39, 0.29) is 12.0 Å². The Hall–Kier alpha value is -2.60. The first-order valence-electron chi connectivity index (χ1n) is 8.69. The number of ether oxygens (including phenoxy) is 2. The highest BCUT2D eigenvalue weighted by atomic mass is 16.5. The van der Waals surface area contributed by atoms with E-state index in [9.17, 15) is 4.79 Å². The molecule has 1 unspecified atom stereocenters. The lowest BCUT2D eigenvalue weighted by Gasteiger charge is -2.33. The number of anilines is 1. The number of para-hydroxylation sites is 1. The Morgan fingerprint density at radius 1 is 1.31 bits per heavy atom. The van der Waals surface area contributed by atoms with E-state index in [4.69, 9.17) is 9.47 Å². The Morgan fingerprint density at radius 3 is 2.81 bits per heavy atom. The summed E-state index contributed by atoms with van der Waals surface area (Å²) >= 11 is 0. The van der Waals surface area contributed by atoms with Gasteiger partial charge in [-0.05, 0) is 31.2 Å². The molecule has 0 aliphatic carbocycles. The second-order valence-corrected chi connectivity index (χ2v) is 6.60. The maximum absolute atomic E-state index is 13.0. The minimum atomic E-state index is -0.235.